The monoisotopic (exact) mass is 338 g/mol. The van der Waals surface area contributed by atoms with Gasteiger partial charge in [-0.25, -0.2) is 0 Å². The van der Waals surface area contributed by atoms with Gasteiger partial charge < -0.3 is 15.0 Å². The van der Waals surface area contributed by atoms with Crippen LogP contribution in [0.5, 0.6) is 5.75 Å². The molecule has 130 valence electrons. The molecular weight excluding hydrogens is 316 g/mol. The molecule has 1 atom stereocenters. The van der Waals surface area contributed by atoms with Crippen molar-refractivity contribution in [3.8, 4) is 5.75 Å². The summed E-state index contributed by atoms with van der Waals surface area (Å²) >= 11 is 0. The van der Waals surface area contributed by atoms with Crippen LogP contribution in [0.3, 0.4) is 0 Å². The number of nitrogens with one attached hydrogen (secondary N) is 1. The fraction of sp³-hybridized carbons (Fsp3) is 0.300. The van der Waals surface area contributed by atoms with Gasteiger partial charge in [-0.05, 0) is 17.7 Å². The standard InChI is InChI=1S/C20H22N2O3/c23-19-13-17(15-22(19)14-16-7-3-1-4-8-16)20(24)21-11-12-25-18-9-5-2-6-10-18/h1-10,17H,11-15H2,(H,21,24). The van der Waals surface area contributed by atoms with E-state index in [1.54, 1.807) is 4.90 Å². The van der Waals surface area contributed by atoms with Crippen LogP contribution < -0.4 is 10.1 Å². The molecule has 1 aliphatic rings. The van der Waals surface area contributed by atoms with Crippen molar-refractivity contribution in [2.45, 2.75) is 13.0 Å². The van der Waals surface area contributed by atoms with E-state index < -0.39 is 0 Å². The molecule has 0 saturated carbocycles. The molecule has 5 nitrogen and oxygen atoms in total. The Labute approximate surface area is 147 Å². The van der Waals surface area contributed by atoms with Crippen LogP contribution in [0.25, 0.3) is 0 Å². The number of likely N-dealkylation sites (tertiary alicyclic amines) is 1. The first kappa shape index (κ1) is 17.0. The molecule has 1 heterocycles. The van der Waals surface area contributed by atoms with Gasteiger partial charge in [0.2, 0.25) is 11.8 Å². The summed E-state index contributed by atoms with van der Waals surface area (Å²) in [5.41, 5.74) is 1.08. The highest BCUT2D eigenvalue weighted by molar-refractivity contribution is 5.89. The van der Waals surface area contributed by atoms with Crippen molar-refractivity contribution in [2.75, 3.05) is 19.7 Å². The second-order valence-electron chi connectivity index (χ2n) is 6.11. The lowest BCUT2D eigenvalue weighted by Crippen LogP contribution is -2.35. The summed E-state index contributed by atoms with van der Waals surface area (Å²) in [6.07, 6.45) is 0.276. The Bertz CT molecular complexity index is 703. The van der Waals surface area contributed by atoms with Gasteiger partial charge in [0, 0.05) is 19.5 Å². The van der Waals surface area contributed by atoms with Crippen molar-refractivity contribution in [1.29, 1.82) is 0 Å². The van der Waals surface area contributed by atoms with Crippen LogP contribution in [-0.2, 0) is 16.1 Å². The van der Waals surface area contributed by atoms with Crippen LogP contribution in [-0.4, -0.2) is 36.4 Å². The van der Waals surface area contributed by atoms with Crippen LogP contribution in [0.2, 0.25) is 0 Å². The third kappa shape index (κ3) is 4.83. The van der Waals surface area contributed by atoms with E-state index >= 15 is 0 Å². The van der Waals surface area contributed by atoms with Crippen LogP contribution in [0.4, 0.5) is 0 Å². The molecule has 0 aromatic heterocycles. The van der Waals surface area contributed by atoms with Crippen molar-refractivity contribution in [3.05, 3.63) is 66.2 Å². The molecule has 25 heavy (non-hydrogen) atoms. The van der Waals surface area contributed by atoms with Gasteiger partial charge in [-0.15, -0.1) is 0 Å². The number of benzene rings is 2. The average molecular weight is 338 g/mol. The Morgan fingerprint density at radius 2 is 1.76 bits per heavy atom. The van der Waals surface area contributed by atoms with Gasteiger partial charge in [0.1, 0.15) is 12.4 Å². The van der Waals surface area contributed by atoms with Crippen molar-refractivity contribution in [2.24, 2.45) is 5.92 Å². The molecule has 1 aliphatic heterocycles. The summed E-state index contributed by atoms with van der Waals surface area (Å²) in [7, 11) is 0. The Morgan fingerprint density at radius 3 is 2.48 bits per heavy atom. The van der Waals surface area contributed by atoms with E-state index in [9.17, 15) is 9.59 Å². The predicted octanol–water partition coefficient (Wildman–Crippen LogP) is 2.23. The molecule has 0 radical (unpaired) electrons. The fourth-order valence-corrected chi connectivity index (χ4v) is 2.91. The molecule has 5 heteroatoms. The van der Waals surface area contributed by atoms with Crippen molar-refractivity contribution >= 4 is 11.8 Å². The lowest BCUT2D eigenvalue weighted by Gasteiger charge is -2.16. The number of rotatable bonds is 7. The number of hydrogen-bond acceptors (Lipinski definition) is 3. The Hall–Kier alpha value is -2.82. The summed E-state index contributed by atoms with van der Waals surface area (Å²) in [4.78, 5) is 26.1. The van der Waals surface area contributed by atoms with E-state index in [2.05, 4.69) is 5.32 Å². The Kier molecular flexibility index (Phi) is 5.67. The normalized spacial score (nSPS) is 16.7. The molecule has 1 unspecified atom stereocenters. The molecule has 0 spiro atoms. The number of carbonyl (C=O) groups excluding carboxylic acids is 2. The summed E-state index contributed by atoms with van der Waals surface area (Å²) < 4.78 is 5.55. The van der Waals surface area contributed by atoms with Gasteiger partial charge in [-0.3, -0.25) is 9.59 Å². The molecule has 1 N–H and O–H groups in total. The van der Waals surface area contributed by atoms with Crippen LogP contribution >= 0.6 is 0 Å². The Morgan fingerprint density at radius 1 is 1.08 bits per heavy atom. The lowest BCUT2D eigenvalue weighted by atomic mass is 10.1. The lowest BCUT2D eigenvalue weighted by molar-refractivity contribution is -0.129. The molecule has 2 amide bonds. The first-order valence-electron chi connectivity index (χ1n) is 8.49. The van der Waals surface area contributed by atoms with E-state index in [-0.39, 0.29) is 24.2 Å². The molecule has 1 saturated heterocycles. The molecule has 3 rings (SSSR count). The molecule has 2 aromatic carbocycles. The third-order valence-electron chi connectivity index (χ3n) is 4.21. The van der Waals surface area contributed by atoms with Crippen molar-refractivity contribution < 1.29 is 14.3 Å². The van der Waals surface area contributed by atoms with E-state index in [1.165, 1.54) is 0 Å². The quantitative estimate of drug-likeness (QED) is 0.788. The van der Waals surface area contributed by atoms with Gasteiger partial charge in [0.25, 0.3) is 0 Å². The topological polar surface area (TPSA) is 58.6 Å². The maximum atomic E-state index is 12.3. The van der Waals surface area contributed by atoms with Gasteiger partial charge in [-0.2, -0.15) is 0 Å². The summed E-state index contributed by atoms with van der Waals surface area (Å²) in [5, 5.41) is 2.86. The van der Waals surface area contributed by atoms with Crippen molar-refractivity contribution in [1.82, 2.24) is 10.2 Å². The average Bonchev–Trinajstić information content (AvgIpc) is 3.01. The van der Waals surface area contributed by atoms with E-state index in [0.29, 0.717) is 26.2 Å². The van der Waals surface area contributed by atoms with Gasteiger partial charge >= 0.3 is 0 Å². The highest BCUT2D eigenvalue weighted by Crippen LogP contribution is 2.20. The van der Waals surface area contributed by atoms with Crippen molar-refractivity contribution in [3.63, 3.8) is 0 Å². The second-order valence-corrected chi connectivity index (χ2v) is 6.11. The van der Waals surface area contributed by atoms with Crippen LogP contribution in [0.1, 0.15) is 12.0 Å². The minimum atomic E-state index is -0.284. The minimum Gasteiger partial charge on any atom is -0.492 e. The number of hydrogen-bond donors (Lipinski definition) is 1. The maximum absolute atomic E-state index is 12.3. The minimum absolute atomic E-state index is 0.0320. The van der Waals surface area contributed by atoms with Crippen LogP contribution in [0, 0.1) is 5.92 Å². The fourth-order valence-electron chi connectivity index (χ4n) is 2.91. The van der Waals surface area contributed by atoms with E-state index in [0.717, 1.165) is 11.3 Å². The second kappa shape index (κ2) is 8.33. The molecular formula is C20H22N2O3. The zero-order chi connectivity index (χ0) is 17.5. The van der Waals surface area contributed by atoms with Gasteiger partial charge in [-0.1, -0.05) is 48.5 Å². The zero-order valence-corrected chi connectivity index (χ0v) is 14.1. The molecule has 2 aromatic rings. The number of nitrogens with zero attached hydrogens (tertiary/aromatic N) is 1. The summed E-state index contributed by atoms with van der Waals surface area (Å²) in [6.45, 7) is 1.86. The molecule has 1 fully saturated rings. The smallest absolute Gasteiger partial charge is 0.225 e. The van der Waals surface area contributed by atoms with Crippen LogP contribution in [0.15, 0.2) is 60.7 Å². The van der Waals surface area contributed by atoms with Gasteiger partial charge in [0.15, 0.2) is 0 Å². The SMILES string of the molecule is O=C(NCCOc1ccccc1)C1CC(=O)N(Cc2ccccc2)C1. The first-order chi connectivity index (χ1) is 12.2. The molecule has 0 aliphatic carbocycles. The summed E-state index contributed by atoms with van der Waals surface area (Å²) in [5.74, 6) is 0.444. The highest BCUT2D eigenvalue weighted by Gasteiger charge is 2.33. The summed E-state index contributed by atoms with van der Waals surface area (Å²) in [6, 6.07) is 19.3. The largest absolute Gasteiger partial charge is 0.492 e. The van der Waals surface area contributed by atoms with E-state index in [4.69, 9.17) is 4.74 Å². The van der Waals surface area contributed by atoms with E-state index in [1.807, 2.05) is 60.7 Å². The zero-order valence-electron chi connectivity index (χ0n) is 14.1. The number of para-hydroxylation sites is 1. The number of amides is 2. The Balaban J connectivity index is 1.41. The number of carbonyl (C=O) groups is 2. The maximum Gasteiger partial charge on any atom is 0.225 e. The van der Waals surface area contributed by atoms with Gasteiger partial charge in [0.05, 0.1) is 12.5 Å². The number of ether oxygens (including phenoxy) is 1. The predicted molar refractivity (Wildman–Crippen MR) is 94.9 cm³/mol. The first-order valence-corrected chi connectivity index (χ1v) is 8.49. The highest BCUT2D eigenvalue weighted by atomic mass is 16.5. The molecule has 0 bridgehead atoms. The third-order valence-corrected chi connectivity index (χ3v) is 4.21.